The van der Waals surface area contributed by atoms with E-state index in [9.17, 15) is 14.7 Å². The first-order chi connectivity index (χ1) is 17.6. The fourth-order valence-corrected chi connectivity index (χ4v) is 5.70. The van der Waals surface area contributed by atoms with E-state index in [-0.39, 0.29) is 28.8 Å². The van der Waals surface area contributed by atoms with Gasteiger partial charge in [0, 0.05) is 45.4 Å². The maximum absolute atomic E-state index is 13.3. The monoisotopic (exact) mass is 498 g/mol. The second-order valence-electron chi connectivity index (χ2n) is 11.8. The predicted octanol–water partition coefficient (Wildman–Crippen LogP) is 4.56. The lowest BCUT2D eigenvalue weighted by Gasteiger charge is -2.27. The number of nitrogens with zero attached hydrogens (tertiary/aromatic N) is 2. The van der Waals surface area contributed by atoms with E-state index in [0.29, 0.717) is 12.1 Å². The number of hydrogen-bond acceptors (Lipinski definition) is 4. The number of H-pyrrole nitrogens is 1. The number of rotatable bonds is 6. The zero-order chi connectivity index (χ0) is 26.1. The maximum atomic E-state index is 13.3. The lowest BCUT2D eigenvalue weighted by molar-refractivity contribution is 0.0596. The summed E-state index contributed by atoms with van der Waals surface area (Å²) < 4.78 is 0. The van der Waals surface area contributed by atoms with Crippen molar-refractivity contribution in [2.75, 3.05) is 0 Å². The summed E-state index contributed by atoms with van der Waals surface area (Å²) in [6.07, 6.45) is 3.20. The SMILES string of the molecule is CC(O)C1(C)Cc2[nH]nc(-c3ccc4c(c3)CN([C@H](C)c3ccc(C(=O)NC5(C)CC5)cc3)C4=O)c2C1. The molecule has 1 aliphatic heterocycles. The fourth-order valence-electron chi connectivity index (χ4n) is 5.70. The van der Waals surface area contributed by atoms with E-state index < -0.39 is 6.10 Å². The van der Waals surface area contributed by atoms with Gasteiger partial charge in [0.05, 0.1) is 17.8 Å². The normalized spacial score (nSPS) is 22.9. The van der Waals surface area contributed by atoms with E-state index >= 15 is 0 Å². The van der Waals surface area contributed by atoms with Crippen LogP contribution in [0.4, 0.5) is 0 Å². The molecule has 2 aromatic carbocycles. The quantitative estimate of drug-likeness (QED) is 0.464. The van der Waals surface area contributed by atoms with E-state index in [2.05, 4.69) is 35.4 Å². The van der Waals surface area contributed by atoms with Crippen molar-refractivity contribution in [2.24, 2.45) is 5.41 Å². The number of hydrogen-bond donors (Lipinski definition) is 3. The van der Waals surface area contributed by atoms with Gasteiger partial charge in [0.1, 0.15) is 0 Å². The van der Waals surface area contributed by atoms with Crippen LogP contribution in [0.15, 0.2) is 42.5 Å². The summed E-state index contributed by atoms with van der Waals surface area (Å²) in [4.78, 5) is 27.7. The Morgan fingerprint density at radius 3 is 2.51 bits per heavy atom. The Morgan fingerprint density at radius 1 is 1.11 bits per heavy atom. The first-order valence-corrected chi connectivity index (χ1v) is 13.2. The number of aromatic nitrogens is 2. The molecule has 0 bridgehead atoms. The molecule has 7 nitrogen and oxygen atoms in total. The fraction of sp³-hybridized carbons (Fsp3) is 0.433. The van der Waals surface area contributed by atoms with Crippen molar-refractivity contribution in [3.8, 4) is 11.3 Å². The van der Waals surface area contributed by atoms with Gasteiger partial charge in [-0.25, -0.2) is 0 Å². The van der Waals surface area contributed by atoms with Crippen molar-refractivity contribution in [3.05, 3.63) is 76.0 Å². The van der Waals surface area contributed by atoms with Crippen LogP contribution in [-0.4, -0.2) is 43.7 Å². The Kier molecular flexibility index (Phi) is 5.35. The molecule has 3 aromatic rings. The first kappa shape index (κ1) is 23.9. The van der Waals surface area contributed by atoms with Crippen LogP contribution in [0.3, 0.4) is 0 Å². The molecule has 3 atom stereocenters. The van der Waals surface area contributed by atoms with Gasteiger partial charge in [-0.3, -0.25) is 14.7 Å². The third-order valence-corrected chi connectivity index (χ3v) is 8.87. The highest BCUT2D eigenvalue weighted by atomic mass is 16.3. The summed E-state index contributed by atoms with van der Waals surface area (Å²) in [5.74, 6) is -0.0264. The Labute approximate surface area is 217 Å². The van der Waals surface area contributed by atoms with Crippen molar-refractivity contribution in [2.45, 2.75) is 77.6 Å². The number of carbonyl (C=O) groups is 2. The summed E-state index contributed by atoms with van der Waals surface area (Å²) >= 11 is 0. The van der Waals surface area contributed by atoms with Gasteiger partial charge in [0.2, 0.25) is 0 Å². The molecular weight excluding hydrogens is 464 g/mol. The van der Waals surface area contributed by atoms with Gasteiger partial charge in [0.15, 0.2) is 0 Å². The molecule has 1 aromatic heterocycles. The second kappa shape index (κ2) is 8.28. The van der Waals surface area contributed by atoms with Crippen LogP contribution >= 0.6 is 0 Å². The van der Waals surface area contributed by atoms with Crippen LogP contribution in [0.1, 0.15) is 89.7 Å². The van der Waals surface area contributed by atoms with Crippen LogP contribution in [0.2, 0.25) is 0 Å². The van der Waals surface area contributed by atoms with Gasteiger partial charge in [-0.05, 0) is 81.8 Å². The van der Waals surface area contributed by atoms with Crippen molar-refractivity contribution in [3.63, 3.8) is 0 Å². The van der Waals surface area contributed by atoms with Crippen molar-refractivity contribution < 1.29 is 14.7 Å². The molecule has 3 aliphatic rings. The molecule has 192 valence electrons. The molecule has 37 heavy (non-hydrogen) atoms. The molecule has 2 amide bonds. The average Bonchev–Trinajstić information content (AvgIpc) is 3.17. The number of benzene rings is 2. The minimum absolute atomic E-state index is 0.0199. The number of fused-ring (bicyclic) bond motifs is 2. The van der Waals surface area contributed by atoms with Crippen molar-refractivity contribution >= 4 is 11.8 Å². The summed E-state index contributed by atoms with van der Waals surface area (Å²) in [6, 6.07) is 13.4. The smallest absolute Gasteiger partial charge is 0.255 e. The van der Waals surface area contributed by atoms with Crippen molar-refractivity contribution in [1.29, 1.82) is 0 Å². The third-order valence-electron chi connectivity index (χ3n) is 8.87. The molecule has 3 N–H and O–H groups in total. The van der Waals surface area contributed by atoms with Gasteiger partial charge in [-0.1, -0.05) is 25.1 Å². The number of amides is 2. The predicted molar refractivity (Wildman–Crippen MR) is 141 cm³/mol. The zero-order valence-electron chi connectivity index (χ0n) is 21.9. The molecule has 2 aliphatic carbocycles. The molecule has 1 fully saturated rings. The number of aliphatic hydroxyl groups excluding tert-OH is 1. The number of aromatic amines is 1. The number of nitrogens with one attached hydrogen (secondary N) is 2. The van der Waals surface area contributed by atoms with Gasteiger partial charge in [-0.2, -0.15) is 5.10 Å². The van der Waals surface area contributed by atoms with Gasteiger partial charge < -0.3 is 15.3 Å². The Balaban J connectivity index is 1.20. The third kappa shape index (κ3) is 4.06. The largest absolute Gasteiger partial charge is 0.393 e. The molecule has 0 saturated heterocycles. The molecule has 6 rings (SSSR count). The highest BCUT2D eigenvalue weighted by molar-refractivity contribution is 5.99. The first-order valence-electron chi connectivity index (χ1n) is 13.2. The minimum atomic E-state index is -0.404. The zero-order valence-corrected chi connectivity index (χ0v) is 21.9. The Hall–Kier alpha value is -3.45. The Bertz CT molecular complexity index is 1400. The standard InChI is InChI=1S/C30H34N4O3/c1-17(19-5-7-20(8-6-19)27(36)31-30(4)11-12-30)34-16-22-13-21(9-10-23(22)28(34)37)26-24-14-29(3,18(2)35)15-25(24)32-33-26/h5-10,13,17-18,35H,11-12,14-16H2,1-4H3,(H,31,36)(H,32,33)/t17-,18?,29?/m1/s1. The number of carbonyl (C=O) groups excluding carboxylic acids is 2. The van der Waals surface area contributed by atoms with Gasteiger partial charge >= 0.3 is 0 Å². The molecular formula is C30H34N4O3. The topological polar surface area (TPSA) is 98.3 Å². The van der Waals surface area contributed by atoms with Crippen molar-refractivity contribution in [1.82, 2.24) is 20.4 Å². The van der Waals surface area contributed by atoms with Crippen LogP contribution in [0.5, 0.6) is 0 Å². The highest BCUT2D eigenvalue weighted by Gasteiger charge is 2.41. The minimum Gasteiger partial charge on any atom is -0.393 e. The van der Waals surface area contributed by atoms with E-state index in [4.69, 9.17) is 0 Å². The molecule has 0 spiro atoms. The lowest BCUT2D eigenvalue weighted by atomic mass is 9.82. The van der Waals surface area contributed by atoms with Crippen LogP contribution in [-0.2, 0) is 19.4 Å². The second-order valence-corrected chi connectivity index (χ2v) is 11.8. The Morgan fingerprint density at radius 2 is 1.84 bits per heavy atom. The lowest BCUT2D eigenvalue weighted by Crippen LogP contribution is -2.34. The molecule has 2 heterocycles. The summed E-state index contributed by atoms with van der Waals surface area (Å²) in [7, 11) is 0. The van der Waals surface area contributed by atoms with E-state index in [1.54, 1.807) is 0 Å². The average molecular weight is 499 g/mol. The summed E-state index contributed by atoms with van der Waals surface area (Å²) in [5, 5.41) is 21.1. The van der Waals surface area contributed by atoms with Crippen LogP contribution in [0.25, 0.3) is 11.3 Å². The van der Waals surface area contributed by atoms with E-state index in [1.807, 2.05) is 55.1 Å². The maximum Gasteiger partial charge on any atom is 0.255 e. The van der Waals surface area contributed by atoms with Crippen LogP contribution < -0.4 is 5.32 Å². The summed E-state index contributed by atoms with van der Waals surface area (Å²) in [5.41, 5.74) is 7.28. The van der Waals surface area contributed by atoms with E-state index in [1.165, 1.54) is 0 Å². The summed E-state index contributed by atoms with van der Waals surface area (Å²) in [6.45, 7) is 8.59. The van der Waals surface area contributed by atoms with Crippen LogP contribution in [0, 0.1) is 5.41 Å². The number of aliphatic hydroxyl groups is 1. The molecule has 0 radical (unpaired) electrons. The molecule has 1 saturated carbocycles. The molecule has 2 unspecified atom stereocenters. The molecule has 7 heteroatoms. The highest BCUT2D eigenvalue weighted by Crippen LogP contribution is 2.43. The van der Waals surface area contributed by atoms with Gasteiger partial charge in [0.25, 0.3) is 11.8 Å². The van der Waals surface area contributed by atoms with Gasteiger partial charge in [-0.15, -0.1) is 0 Å². The van der Waals surface area contributed by atoms with E-state index in [0.717, 1.165) is 64.9 Å².